The summed E-state index contributed by atoms with van der Waals surface area (Å²) in [6, 6.07) is 76.0. The zero-order valence-corrected chi connectivity index (χ0v) is 31.5. The molecule has 0 bridgehead atoms. The van der Waals surface area contributed by atoms with Gasteiger partial charge < -0.3 is 18.8 Å². The summed E-state index contributed by atoms with van der Waals surface area (Å²) in [6.45, 7) is 0. The molecule has 0 saturated carbocycles. The van der Waals surface area contributed by atoms with Crippen molar-refractivity contribution >= 4 is 60.7 Å². The van der Waals surface area contributed by atoms with E-state index in [1.165, 1.54) is 43.6 Å². The molecule has 12 rings (SSSR count). The number of fused-ring (bicyclic) bond motifs is 8. The maximum Gasteiger partial charge on any atom is 0.152 e. The van der Waals surface area contributed by atoms with Crippen molar-refractivity contribution in [2.75, 3.05) is 4.90 Å². The summed E-state index contributed by atoms with van der Waals surface area (Å²) in [5, 5.41) is 4.91. The quantitative estimate of drug-likeness (QED) is 0.175. The van der Waals surface area contributed by atoms with E-state index in [0.717, 1.165) is 62.2 Å². The molecule has 3 heterocycles. The molecule has 0 spiro atoms. The van der Waals surface area contributed by atoms with E-state index >= 15 is 0 Å². The van der Waals surface area contributed by atoms with Gasteiger partial charge in [-0.2, -0.15) is 0 Å². The van der Waals surface area contributed by atoms with Gasteiger partial charge >= 0.3 is 0 Å². The number of hydrogen-bond acceptors (Lipinski definition) is 2. The van der Waals surface area contributed by atoms with Gasteiger partial charge in [-0.25, -0.2) is 0 Å². The molecule has 0 amide bonds. The average Bonchev–Trinajstić information content (AvgIpc) is 3.81. The normalized spacial score (nSPS) is 12.2. The number of aromatic nitrogens is 2. The highest BCUT2D eigenvalue weighted by molar-refractivity contribution is 6.11. The minimum atomic E-state index is 0.819. The summed E-state index contributed by atoms with van der Waals surface area (Å²) in [4.78, 5) is 2.31. The van der Waals surface area contributed by atoms with E-state index < -0.39 is 0 Å². The Morgan fingerprint density at radius 2 is 0.638 bits per heavy atom. The molecule has 272 valence electrons. The van der Waals surface area contributed by atoms with E-state index in [1.54, 1.807) is 0 Å². The van der Waals surface area contributed by atoms with Crippen molar-refractivity contribution in [3.63, 3.8) is 0 Å². The van der Waals surface area contributed by atoms with Gasteiger partial charge in [-0.15, -0.1) is 0 Å². The van der Waals surface area contributed by atoms with Crippen LogP contribution in [0.5, 0.6) is 11.5 Å². The molecule has 1 aliphatic rings. The highest BCUT2D eigenvalue weighted by atomic mass is 16.5. The zero-order valence-electron chi connectivity index (χ0n) is 31.5. The lowest BCUT2D eigenvalue weighted by Gasteiger charge is -2.33. The first-order valence-corrected chi connectivity index (χ1v) is 19.8. The van der Waals surface area contributed by atoms with Gasteiger partial charge in [-0.3, -0.25) is 0 Å². The van der Waals surface area contributed by atoms with Crippen LogP contribution in [0.3, 0.4) is 0 Å². The van der Waals surface area contributed by atoms with Crippen LogP contribution in [0.15, 0.2) is 212 Å². The number of ether oxygens (including phenoxy) is 1. The molecule has 0 aliphatic carbocycles. The third-order valence-corrected chi connectivity index (χ3v) is 11.7. The number of rotatable bonds is 5. The van der Waals surface area contributed by atoms with Crippen LogP contribution in [0.1, 0.15) is 0 Å². The number of hydrogen-bond donors (Lipinski definition) is 0. The summed E-state index contributed by atoms with van der Waals surface area (Å²) in [6.07, 6.45) is 0. The lowest BCUT2D eigenvalue weighted by molar-refractivity contribution is 0.477. The van der Waals surface area contributed by atoms with Crippen LogP contribution in [0.25, 0.3) is 77.2 Å². The van der Waals surface area contributed by atoms with Gasteiger partial charge in [0.2, 0.25) is 0 Å². The minimum Gasteiger partial charge on any atom is -0.453 e. The fraction of sp³-hybridized carbons (Fsp3) is 0. The summed E-state index contributed by atoms with van der Waals surface area (Å²) in [5.74, 6) is 1.64. The van der Waals surface area contributed by atoms with Crippen LogP contribution in [0.4, 0.5) is 17.1 Å². The second-order valence-corrected chi connectivity index (χ2v) is 15.0. The van der Waals surface area contributed by atoms with Gasteiger partial charge in [0, 0.05) is 38.6 Å². The molecule has 11 aromatic rings. The molecule has 4 heteroatoms. The van der Waals surface area contributed by atoms with E-state index in [4.69, 9.17) is 4.74 Å². The third-order valence-electron chi connectivity index (χ3n) is 11.7. The number of nitrogens with zero attached hydrogens (tertiary/aromatic N) is 3. The molecule has 58 heavy (non-hydrogen) atoms. The van der Waals surface area contributed by atoms with Crippen molar-refractivity contribution < 1.29 is 4.74 Å². The first kappa shape index (κ1) is 32.4. The van der Waals surface area contributed by atoms with Gasteiger partial charge in [0.15, 0.2) is 11.5 Å². The molecule has 0 fully saturated rings. The van der Waals surface area contributed by atoms with Crippen molar-refractivity contribution in [1.29, 1.82) is 0 Å². The standard InChI is InChI=1S/C54H35N3O/c1-4-14-40(15-5-1)55-47-22-12-10-20-43(47)45-32-36(24-28-49(45)55)38-26-30-51-53(34-38)58-54-35-39(27-31-52(54)57(51)42-18-8-3-9-19-42)37-25-29-50-46(33-37)44-21-11-13-23-48(44)56(50)41-16-6-2-7-17-41/h1-35H. The molecule has 4 nitrogen and oxygen atoms in total. The molecule has 9 aromatic carbocycles. The fourth-order valence-electron chi connectivity index (χ4n) is 9.04. The molecule has 0 atom stereocenters. The number of benzene rings is 9. The Morgan fingerprint density at radius 3 is 1.10 bits per heavy atom. The van der Waals surface area contributed by atoms with Gasteiger partial charge in [0.1, 0.15) is 0 Å². The predicted molar refractivity (Wildman–Crippen MR) is 241 cm³/mol. The van der Waals surface area contributed by atoms with Gasteiger partial charge in [0.25, 0.3) is 0 Å². The van der Waals surface area contributed by atoms with Gasteiger partial charge in [0.05, 0.1) is 33.4 Å². The second-order valence-electron chi connectivity index (χ2n) is 15.0. The van der Waals surface area contributed by atoms with Crippen LogP contribution < -0.4 is 9.64 Å². The Balaban J connectivity index is 0.976. The zero-order chi connectivity index (χ0) is 38.2. The molecule has 2 aromatic heterocycles. The molecular formula is C54H35N3O. The van der Waals surface area contributed by atoms with Crippen LogP contribution >= 0.6 is 0 Å². The summed E-state index contributed by atoms with van der Waals surface area (Å²) in [7, 11) is 0. The lowest BCUT2D eigenvalue weighted by atomic mass is 9.99. The first-order chi connectivity index (χ1) is 28.8. The molecular weight excluding hydrogens is 707 g/mol. The summed E-state index contributed by atoms with van der Waals surface area (Å²) < 4.78 is 11.7. The van der Waals surface area contributed by atoms with Crippen LogP contribution in [0.2, 0.25) is 0 Å². The number of para-hydroxylation sites is 5. The Bertz CT molecular complexity index is 3160. The molecule has 0 unspecified atom stereocenters. The van der Waals surface area contributed by atoms with Crippen molar-refractivity contribution in [2.24, 2.45) is 0 Å². The topological polar surface area (TPSA) is 22.3 Å². The largest absolute Gasteiger partial charge is 0.453 e. The number of anilines is 3. The summed E-state index contributed by atoms with van der Waals surface area (Å²) >= 11 is 0. The Hall–Kier alpha value is -7.82. The van der Waals surface area contributed by atoms with E-state index in [1.807, 2.05) is 0 Å². The summed E-state index contributed by atoms with van der Waals surface area (Å²) in [5.41, 5.74) is 14.7. The molecule has 0 N–H and O–H groups in total. The van der Waals surface area contributed by atoms with Crippen LogP contribution in [0, 0.1) is 0 Å². The van der Waals surface area contributed by atoms with E-state index in [0.29, 0.717) is 0 Å². The smallest absolute Gasteiger partial charge is 0.152 e. The Kier molecular flexibility index (Phi) is 7.20. The van der Waals surface area contributed by atoms with Gasteiger partial charge in [-0.1, -0.05) is 115 Å². The monoisotopic (exact) mass is 741 g/mol. The maximum atomic E-state index is 6.94. The van der Waals surface area contributed by atoms with Gasteiger partial charge in [-0.05, 0) is 119 Å². The van der Waals surface area contributed by atoms with Crippen molar-refractivity contribution in [3.05, 3.63) is 212 Å². The molecule has 0 saturated heterocycles. The first-order valence-electron chi connectivity index (χ1n) is 19.8. The average molecular weight is 742 g/mol. The highest BCUT2D eigenvalue weighted by Gasteiger charge is 2.27. The van der Waals surface area contributed by atoms with Crippen LogP contribution in [-0.2, 0) is 0 Å². The third kappa shape index (κ3) is 5.02. The molecule has 1 aliphatic heterocycles. The SMILES string of the molecule is c1ccc(N2c3ccc(-c4ccc5c(c4)c4ccccc4n5-c4ccccc4)cc3Oc3cc(-c4ccc5c(c4)c4ccccc4n5-c4ccccc4)ccc32)cc1. The fourth-order valence-corrected chi connectivity index (χ4v) is 9.04. The molecule has 0 radical (unpaired) electrons. The van der Waals surface area contributed by atoms with E-state index in [9.17, 15) is 0 Å². The van der Waals surface area contributed by atoms with E-state index in [-0.39, 0.29) is 0 Å². The highest BCUT2D eigenvalue weighted by Crippen LogP contribution is 2.52. The Morgan fingerprint density at radius 1 is 0.276 bits per heavy atom. The second kappa shape index (κ2) is 12.9. The van der Waals surface area contributed by atoms with Crippen molar-refractivity contribution in [3.8, 4) is 45.1 Å². The maximum absolute atomic E-state index is 6.94. The van der Waals surface area contributed by atoms with Crippen molar-refractivity contribution in [2.45, 2.75) is 0 Å². The van der Waals surface area contributed by atoms with Crippen molar-refractivity contribution in [1.82, 2.24) is 9.13 Å². The predicted octanol–water partition coefficient (Wildman–Crippen LogP) is 14.8. The van der Waals surface area contributed by atoms with E-state index in [2.05, 4.69) is 226 Å². The lowest BCUT2D eigenvalue weighted by Crippen LogP contribution is -2.15. The Labute approximate surface area is 335 Å². The minimum absolute atomic E-state index is 0.819. The van der Waals surface area contributed by atoms with Crippen LogP contribution in [-0.4, -0.2) is 9.13 Å².